The van der Waals surface area contributed by atoms with E-state index in [2.05, 4.69) is 10.2 Å². The predicted molar refractivity (Wildman–Crippen MR) is 76.4 cm³/mol. The number of anilines is 1. The molecule has 1 heterocycles. The van der Waals surface area contributed by atoms with Crippen LogP contribution in [0.2, 0.25) is 0 Å². The Kier molecular flexibility index (Phi) is 5.27. The van der Waals surface area contributed by atoms with Crippen LogP contribution in [-0.4, -0.2) is 41.5 Å². The lowest BCUT2D eigenvalue weighted by Gasteiger charge is -2.29. The van der Waals surface area contributed by atoms with E-state index < -0.39 is 5.97 Å². The SMILES string of the molecule is O=C(CCN1CCC(C(=O)O)CC1)Nc1cccc(F)c1. The number of hydrogen-bond donors (Lipinski definition) is 2. The zero-order valence-corrected chi connectivity index (χ0v) is 11.7. The van der Waals surface area contributed by atoms with E-state index in [0.29, 0.717) is 44.6 Å². The summed E-state index contributed by atoms with van der Waals surface area (Å²) in [6.45, 7) is 1.99. The molecule has 6 heteroatoms. The summed E-state index contributed by atoms with van der Waals surface area (Å²) in [5.74, 6) is -1.55. The molecule has 0 aromatic heterocycles. The van der Waals surface area contributed by atoms with Crippen LogP contribution in [-0.2, 0) is 9.59 Å². The van der Waals surface area contributed by atoms with E-state index in [4.69, 9.17) is 5.11 Å². The summed E-state index contributed by atoms with van der Waals surface area (Å²) in [4.78, 5) is 24.7. The van der Waals surface area contributed by atoms with Crippen LogP contribution in [0.4, 0.5) is 10.1 Å². The van der Waals surface area contributed by atoms with Crippen LogP contribution in [0.3, 0.4) is 0 Å². The molecule has 1 fully saturated rings. The van der Waals surface area contributed by atoms with Crippen LogP contribution in [0.25, 0.3) is 0 Å². The van der Waals surface area contributed by atoms with Crippen LogP contribution in [0.1, 0.15) is 19.3 Å². The maximum Gasteiger partial charge on any atom is 0.306 e. The normalized spacial score (nSPS) is 16.6. The molecule has 0 aliphatic carbocycles. The maximum atomic E-state index is 13.0. The zero-order valence-electron chi connectivity index (χ0n) is 11.7. The van der Waals surface area contributed by atoms with Crippen molar-refractivity contribution in [1.82, 2.24) is 4.90 Å². The Morgan fingerprint density at radius 3 is 2.67 bits per heavy atom. The molecule has 0 radical (unpaired) electrons. The molecule has 1 amide bonds. The molecule has 0 bridgehead atoms. The van der Waals surface area contributed by atoms with Gasteiger partial charge in [-0.05, 0) is 44.1 Å². The van der Waals surface area contributed by atoms with Crippen LogP contribution in [0.5, 0.6) is 0 Å². The highest BCUT2D eigenvalue weighted by atomic mass is 19.1. The Bertz CT molecular complexity index is 513. The third kappa shape index (κ3) is 4.82. The van der Waals surface area contributed by atoms with E-state index in [-0.39, 0.29) is 17.6 Å². The van der Waals surface area contributed by atoms with Gasteiger partial charge in [-0.15, -0.1) is 0 Å². The quantitative estimate of drug-likeness (QED) is 0.871. The van der Waals surface area contributed by atoms with Gasteiger partial charge in [-0.25, -0.2) is 4.39 Å². The van der Waals surface area contributed by atoms with E-state index in [1.807, 2.05) is 0 Å². The number of carbonyl (C=O) groups is 2. The minimum atomic E-state index is -0.738. The molecule has 1 aliphatic rings. The second-order valence-electron chi connectivity index (χ2n) is 5.26. The van der Waals surface area contributed by atoms with Crippen molar-refractivity contribution >= 4 is 17.6 Å². The first-order chi connectivity index (χ1) is 10.0. The topological polar surface area (TPSA) is 69.6 Å². The van der Waals surface area contributed by atoms with E-state index in [0.717, 1.165) is 0 Å². The highest BCUT2D eigenvalue weighted by Crippen LogP contribution is 2.17. The molecule has 5 nitrogen and oxygen atoms in total. The fourth-order valence-corrected chi connectivity index (χ4v) is 2.45. The lowest BCUT2D eigenvalue weighted by atomic mass is 9.97. The van der Waals surface area contributed by atoms with Gasteiger partial charge in [0.15, 0.2) is 0 Å². The van der Waals surface area contributed by atoms with Crippen molar-refractivity contribution in [2.45, 2.75) is 19.3 Å². The molecule has 0 unspecified atom stereocenters. The van der Waals surface area contributed by atoms with Crippen molar-refractivity contribution in [1.29, 1.82) is 0 Å². The molecular weight excluding hydrogens is 275 g/mol. The number of carboxylic acid groups (broad SMARTS) is 1. The van der Waals surface area contributed by atoms with Gasteiger partial charge >= 0.3 is 5.97 Å². The molecule has 1 aromatic rings. The van der Waals surface area contributed by atoms with Crippen LogP contribution < -0.4 is 5.32 Å². The van der Waals surface area contributed by atoms with Gasteiger partial charge in [0, 0.05) is 18.7 Å². The summed E-state index contributed by atoms with van der Waals surface area (Å²) in [6, 6.07) is 5.78. The summed E-state index contributed by atoms with van der Waals surface area (Å²) in [7, 11) is 0. The Morgan fingerprint density at radius 2 is 2.05 bits per heavy atom. The third-order valence-corrected chi connectivity index (χ3v) is 3.70. The maximum absolute atomic E-state index is 13.0. The van der Waals surface area contributed by atoms with Crippen molar-refractivity contribution in [3.8, 4) is 0 Å². The Morgan fingerprint density at radius 1 is 1.33 bits per heavy atom. The molecule has 1 aliphatic heterocycles. The molecule has 0 spiro atoms. The van der Waals surface area contributed by atoms with Crippen LogP contribution in [0, 0.1) is 11.7 Å². The average Bonchev–Trinajstić information content (AvgIpc) is 2.45. The fourth-order valence-electron chi connectivity index (χ4n) is 2.45. The molecule has 0 atom stereocenters. The van der Waals surface area contributed by atoms with Crippen LogP contribution in [0.15, 0.2) is 24.3 Å². The molecule has 1 aromatic carbocycles. The van der Waals surface area contributed by atoms with Crippen molar-refractivity contribution in [3.63, 3.8) is 0 Å². The first-order valence-electron chi connectivity index (χ1n) is 7.05. The number of amides is 1. The smallest absolute Gasteiger partial charge is 0.306 e. The average molecular weight is 294 g/mol. The number of halogens is 1. The van der Waals surface area contributed by atoms with E-state index in [9.17, 15) is 14.0 Å². The third-order valence-electron chi connectivity index (χ3n) is 3.70. The van der Waals surface area contributed by atoms with Gasteiger partial charge in [-0.1, -0.05) is 6.07 Å². The highest BCUT2D eigenvalue weighted by molar-refractivity contribution is 5.90. The number of benzene rings is 1. The Hall–Kier alpha value is -1.95. The van der Waals surface area contributed by atoms with Crippen molar-refractivity contribution in [2.24, 2.45) is 5.92 Å². The number of carbonyl (C=O) groups excluding carboxylic acids is 1. The lowest BCUT2D eigenvalue weighted by Crippen LogP contribution is -2.37. The fraction of sp³-hybridized carbons (Fsp3) is 0.467. The van der Waals surface area contributed by atoms with Crippen LogP contribution >= 0.6 is 0 Å². The number of nitrogens with zero attached hydrogens (tertiary/aromatic N) is 1. The summed E-state index contributed by atoms with van der Waals surface area (Å²) in [5.41, 5.74) is 0.449. The first-order valence-corrected chi connectivity index (χ1v) is 7.05. The van der Waals surface area contributed by atoms with Gasteiger partial charge in [-0.3, -0.25) is 9.59 Å². The highest BCUT2D eigenvalue weighted by Gasteiger charge is 2.24. The summed E-state index contributed by atoms with van der Waals surface area (Å²) in [6.07, 6.45) is 1.57. The molecule has 2 rings (SSSR count). The lowest BCUT2D eigenvalue weighted by molar-refractivity contribution is -0.143. The van der Waals surface area contributed by atoms with Gasteiger partial charge in [0.2, 0.25) is 5.91 Å². The van der Waals surface area contributed by atoms with E-state index in [1.165, 1.54) is 12.1 Å². The summed E-state index contributed by atoms with van der Waals surface area (Å²) in [5, 5.41) is 11.6. The minimum Gasteiger partial charge on any atom is -0.481 e. The minimum absolute atomic E-state index is 0.166. The second-order valence-corrected chi connectivity index (χ2v) is 5.26. The Labute approximate surface area is 122 Å². The van der Waals surface area contributed by atoms with E-state index >= 15 is 0 Å². The monoisotopic (exact) mass is 294 g/mol. The van der Waals surface area contributed by atoms with Gasteiger partial charge in [0.1, 0.15) is 5.82 Å². The Balaban J connectivity index is 1.71. The molecule has 21 heavy (non-hydrogen) atoms. The number of piperidine rings is 1. The standard InChI is InChI=1S/C15H19FN2O3/c16-12-2-1-3-13(10-12)17-14(19)6-9-18-7-4-11(5-8-18)15(20)21/h1-3,10-11H,4-9H2,(H,17,19)(H,20,21). The number of nitrogens with one attached hydrogen (secondary N) is 1. The summed E-state index contributed by atoms with van der Waals surface area (Å²) < 4.78 is 13.0. The molecule has 114 valence electrons. The van der Waals surface area contributed by atoms with Crippen molar-refractivity contribution in [3.05, 3.63) is 30.1 Å². The first kappa shape index (κ1) is 15.4. The second kappa shape index (κ2) is 7.17. The van der Waals surface area contributed by atoms with E-state index in [1.54, 1.807) is 12.1 Å². The number of aliphatic carboxylic acids is 1. The number of carboxylic acids is 1. The van der Waals surface area contributed by atoms with Crippen molar-refractivity contribution in [2.75, 3.05) is 25.0 Å². The van der Waals surface area contributed by atoms with Gasteiger partial charge in [0.25, 0.3) is 0 Å². The van der Waals surface area contributed by atoms with Crippen molar-refractivity contribution < 1.29 is 19.1 Å². The number of rotatable bonds is 5. The molecule has 1 saturated heterocycles. The zero-order chi connectivity index (χ0) is 15.2. The van der Waals surface area contributed by atoms with Gasteiger partial charge in [0.05, 0.1) is 5.92 Å². The van der Waals surface area contributed by atoms with Gasteiger partial charge < -0.3 is 15.3 Å². The number of likely N-dealkylation sites (tertiary alicyclic amines) is 1. The summed E-state index contributed by atoms with van der Waals surface area (Å²) >= 11 is 0. The van der Waals surface area contributed by atoms with Gasteiger partial charge in [-0.2, -0.15) is 0 Å². The largest absolute Gasteiger partial charge is 0.481 e. The number of hydrogen-bond acceptors (Lipinski definition) is 3. The molecule has 0 saturated carbocycles. The molecular formula is C15H19FN2O3. The predicted octanol–water partition coefficient (Wildman–Crippen LogP) is 1.95. The molecule has 2 N–H and O–H groups in total.